The first-order chi connectivity index (χ1) is 10.7. The number of para-hydroxylation sites is 3. The van der Waals surface area contributed by atoms with E-state index in [-0.39, 0.29) is 5.76 Å². The van der Waals surface area contributed by atoms with Crippen molar-refractivity contribution in [3.63, 3.8) is 0 Å². The third kappa shape index (κ3) is 2.55. The van der Waals surface area contributed by atoms with Gasteiger partial charge in [-0.25, -0.2) is 4.79 Å². The molecular formula is C18H16O4. The molecule has 0 unspecified atom stereocenters. The summed E-state index contributed by atoms with van der Waals surface area (Å²) in [6.45, 7) is 4.22. The van der Waals surface area contributed by atoms with Crippen LogP contribution < -0.4 is 9.47 Å². The van der Waals surface area contributed by atoms with E-state index < -0.39 is 5.97 Å². The highest BCUT2D eigenvalue weighted by Crippen LogP contribution is 2.30. The summed E-state index contributed by atoms with van der Waals surface area (Å²) >= 11 is 0. The highest BCUT2D eigenvalue weighted by Gasteiger charge is 2.20. The van der Waals surface area contributed by atoms with E-state index in [9.17, 15) is 4.79 Å². The minimum absolute atomic E-state index is 0.215. The van der Waals surface area contributed by atoms with Gasteiger partial charge in [-0.1, -0.05) is 30.3 Å². The molecule has 0 atom stereocenters. The Kier molecular flexibility index (Phi) is 3.83. The molecule has 1 aromatic heterocycles. The number of fused-ring (bicyclic) bond motifs is 1. The normalized spacial score (nSPS) is 10.6. The predicted octanol–water partition coefficient (Wildman–Crippen LogP) is 4.36. The topological polar surface area (TPSA) is 48.7 Å². The molecule has 0 amide bonds. The number of ether oxygens (including phenoxy) is 2. The van der Waals surface area contributed by atoms with Crippen LogP contribution in [0.4, 0.5) is 0 Å². The van der Waals surface area contributed by atoms with E-state index >= 15 is 0 Å². The highest BCUT2D eigenvalue weighted by molar-refractivity contribution is 5.96. The number of hydrogen-bond donors (Lipinski definition) is 0. The van der Waals surface area contributed by atoms with Gasteiger partial charge >= 0.3 is 5.97 Å². The molecule has 0 saturated carbocycles. The quantitative estimate of drug-likeness (QED) is 0.530. The summed E-state index contributed by atoms with van der Waals surface area (Å²) in [4.78, 5) is 12.4. The van der Waals surface area contributed by atoms with Crippen LogP contribution in [0.2, 0.25) is 0 Å². The van der Waals surface area contributed by atoms with Crippen LogP contribution in [0.25, 0.3) is 11.0 Å². The van der Waals surface area contributed by atoms with Gasteiger partial charge in [-0.15, -0.1) is 0 Å². The van der Waals surface area contributed by atoms with Gasteiger partial charge in [0.15, 0.2) is 11.5 Å². The number of hydrogen-bond acceptors (Lipinski definition) is 4. The fourth-order valence-corrected chi connectivity index (χ4v) is 2.32. The first-order valence-electron chi connectivity index (χ1n) is 7.13. The lowest BCUT2D eigenvalue weighted by atomic mass is 10.1. The summed E-state index contributed by atoms with van der Waals surface area (Å²) in [6, 6.07) is 14.6. The summed E-state index contributed by atoms with van der Waals surface area (Å²) in [5.41, 5.74) is 1.44. The Balaban J connectivity index is 1.92. The number of esters is 1. The van der Waals surface area contributed by atoms with Crippen molar-refractivity contribution >= 4 is 16.9 Å². The number of benzene rings is 2. The average Bonchev–Trinajstić information content (AvgIpc) is 2.87. The summed E-state index contributed by atoms with van der Waals surface area (Å²) < 4.78 is 16.5. The molecule has 4 heteroatoms. The molecule has 3 aromatic rings. The minimum Gasteiger partial charge on any atom is -0.490 e. The lowest BCUT2D eigenvalue weighted by Gasteiger charge is -2.09. The maximum Gasteiger partial charge on any atom is 0.380 e. The van der Waals surface area contributed by atoms with E-state index in [1.807, 2.05) is 44.2 Å². The number of carbonyl (C=O) groups is 1. The van der Waals surface area contributed by atoms with E-state index in [0.717, 1.165) is 10.9 Å². The first kappa shape index (κ1) is 14.2. The van der Waals surface area contributed by atoms with E-state index in [2.05, 4.69) is 0 Å². The molecule has 0 bridgehead atoms. The van der Waals surface area contributed by atoms with Gasteiger partial charge in [-0.2, -0.15) is 0 Å². The maximum absolute atomic E-state index is 12.4. The van der Waals surface area contributed by atoms with Gasteiger partial charge in [0.2, 0.25) is 5.76 Å². The SMILES string of the molecule is CCOc1ccccc1OC(=O)c1oc2ccccc2c1C. The Morgan fingerprint density at radius 3 is 2.45 bits per heavy atom. The van der Waals surface area contributed by atoms with E-state index in [4.69, 9.17) is 13.9 Å². The van der Waals surface area contributed by atoms with E-state index in [1.54, 1.807) is 18.2 Å². The Hall–Kier alpha value is -2.75. The Bertz CT molecular complexity index is 817. The van der Waals surface area contributed by atoms with Crippen molar-refractivity contribution in [2.75, 3.05) is 6.61 Å². The molecule has 112 valence electrons. The van der Waals surface area contributed by atoms with Crippen LogP contribution in [0.1, 0.15) is 23.0 Å². The fourth-order valence-electron chi connectivity index (χ4n) is 2.32. The molecule has 2 aromatic carbocycles. The number of aryl methyl sites for hydroxylation is 1. The summed E-state index contributed by atoms with van der Waals surface area (Å²) in [5.74, 6) is 0.606. The average molecular weight is 296 g/mol. The zero-order valence-corrected chi connectivity index (χ0v) is 12.5. The molecule has 0 saturated heterocycles. The van der Waals surface area contributed by atoms with Gasteiger partial charge in [0.05, 0.1) is 6.61 Å². The molecule has 0 fully saturated rings. The molecular weight excluding hydrogens is 280 g/mol. The first-order valence-corrected chi connectivity index (χ1v) is 7.13. The zero-order valence-electron chi connectivity index (χ0n) is 12.5. The second kappa shape index (κ2) is 5.93. The van der Waals surface area contributed by atoms with Crippen LogP contribution in [0.5, 0.6) is 11.5 Å². The van der Waals surface area contributed by atoms with Crippen LogP contribution in [0, 0.1) is 6.92 Å². The van der Waals surface area contributed by atoms with Crippen LogP contribution >= 0.6 is 0 Å². The fraction of sp³-hybridized carbons (Fsp3) is 0.167. The Morgan fingerprint density at radius 1 is 1.05 bits per heavy atom. The molecule has 0 aliphatic rings. The lowest BCUT2D eigenvalue weighted by Crippen LogP contribution is -2.09. The van der Waals surface area contributed by atoms with Crippen molar-refractivity contribution in [1.29, 1.82) is 0 Å². The summed E-state index contributed by atoms with van der Waals surface area (Å²) in [5, 5.41) is 0.910. The molecule has 0 N–H and O–H groups in total. The van der Waals surface area contributed by atoms with Gasteiger partial charge in [-0.05, 0) is 32.0 Å². The van der Waals surface area contributed by atoms with E-state index in [1.165, 1.54) is 0 Å². The lowest BCUT2D eigenvalue weighted by molar-refractivity contribution is 0.0696. The molecule has 0 spiro atoms. The van der Waals surface area contributed by atoms with Gasteiger partial charge in [-0.3, -0.25) is 0 Å². The third-order valence-electron chi connectivity index (χ3n) is 3.38. The molecule has 0 aliphatic heterocycles. The number of rotatable bonds is 4. The zero-order chi connectivity index (χ0) is 15.5. The largest absolute Gasteiger partial charge is 0.490 e. The highest BCUT2D eigenvalue weighted by atomic mass is 16.6. The molecule has 4 nitrogen and oxygen atoms in total. The van der Waals surface area contributed by atoms with Crippen LogP contribution in [0.3, 0.4) is 0 Å². The second-order valence-corrected chi connectivity index (χ2v) is 4.82. The second-order valence-electron chi connectivity index (χ2n) is 4.82. The van der Waals surface area contributed by atoms with Crippen molar-refractivity contribution in [3.05, 3.63) is 59.9 Å². The third-order valence-corrected chi connectivity index (χ3v) is 3.38. The molecule has 3 rings (SSSR count). The predicted molar refractivity (Wildman–Crippen MR) is 83.5 cm³/mol. The van der Waals surface area contributed by atoms with Crippen LogP contribution in [0.15, 0.2) is 52.9 Å². The minimum atomic E-state index is -0.527. The van der Waals surface area contributed by atoms with Gasteiger partial charge < -0.3 is 13.9 Å². The molecule has 1 heterocycles. The Labute approximate surface area is 128 Å². The van der Waals surface area contributed by atoms with Crippen molar-refractivity contribution in [2.45, 2.75) is 13.8 Å². The van der Waals surface area contributed by atoms with Crippen molar-refractivity contribution in [2.24, 2.45) is 0 Å². The van der Waals surface area contributed by atoms with Gasteiger partial charge in [0.25, 0.3) is 0 Å². The molecule has 22 heavy (non-hydrogen) atoms. The van der Waals surface area contributed by atoms with Crippen LogP contribution in [-0.2, 0) is 0 Å². The van der Waals surface area contributed by atoms with Crippen molar-refractivity contribution < 1.29 is 18.7 Å². The number of carbonyl (C=O) groups excluding carboxylic acids is 1. The standard InChI is InChI=1S/C18H16O4/c1-3-20-15-10-6-7-11-16(15)22-18(19)17-12(2)13-8-4-5-9-14(13)21-17/h4-11H,3H2,1-2H3. The van der Waals surface area contributed by atoms with Gasteiger partial charge in [0.1, 0.15) is 5.58 Å². The van der Waals surface area contributed by atoms with Crippen molar-refractivity contribution in [3.8, 4) is 11.5 Å². The molecule has 0 radical (unpaired) electrons. The van der Waals surface area contributed by atoms with E-state index in [0.29, 0.717) is 23.7 Å². The van der Waals surface area contributed by atoms with Gasteiger partial charge in [0, 0.05) is 10.9 Å². The maximum atomic E-state index is 12.4. The number of furan rings is 1. The van der Waals surface area contributed by atoms with Crippen molar-refractivity contribution in [1.82, 2.24) is 0 Å². The summed E-state index contributed by atoms with van der Waals surface area (Å²) in [6.07, 6.45) is 0. The van der Waals surface area contributed by atoms with Crippen LogP contribution in [-0.4, -0.2) is 12.6 Å². The monoisotopic (exact) mass is 296 g/mol. The molecule has 0 aliphatic carbocycles. The Morgan fingerprint density at radius 2 is 1.73 bits per heavy atom. The smallest absolute Gasteiger partial charge is 0.380 e. The summed E-state index contributed by atoms with van der Waals surface area (Å²) in [7, 11) is 0.